The van der Waals surface area contributed by atoms with Crippen LogP contribution in [0.15, 0.2) is 35.5 Å². The van der Waals surface area contributed by atoms with Crippen molar-refractivity contribution in [2.24, 2.45) is 5.41 Å². The highest BCUT2D eigenvalue weighted by Crippen LogP contribution is 2.34. The molecule has 0 spiro atoms. The van der Waals surface area contributed by atoms with Crippen LogP contribution in [-0.4, -0.2) is 6.03 Å². The van der Waals surface area contributed by atoms with Crippen molar-refractivity contribution in [1.82, 2.24) is 10.6 Å². The molecule has 1 aromatic rings. The first-order chi connectivity index (χ1) is 9.32. The second kappa shape index (κ2) is 5.01. The van der Waals surface area contributed by atoms with E-state index in [1.807, 2.05) is 52.0 Å². The number of hydrogen-bond donors (Lipinski definition) is 2. The lowest BCUT2D eigenvalue weighted by Gasteiger charge is -2.33. The van der Waals surface area contributed by atoms with E-state index in [9.17, 15) is 10.1 Å². The fourth-order valence-corrected chi connectivity index (χ4v) is 2.29. The third kappa shape index (κ3) is 2.67. The Morgan fingerprint density at radius 2 is 1.80 bits per heavy atom. The number of benzene rings is 1. The zero-order valence-corrected chi connectivity index (χ0v) is 12.2. The highest BCUT2D eigenvalue weighted by Gasteiger charge is 2.33. The van der Waals surface area contributed by atoms with Crippen molar-refractivity contribution in [1.29, 1.82) is 5.26 Å². The molecular formula is C16H19N3O. The Hall–Kier alpha value is -2.28. The van der Waals surface area contributed by atoms with E-state index in [4.69, 9.17) is 0 Å². The Morgan fingerprint density at radius 3 is 2.30 bits per heavy atom. The van der Waals surface area contributed by atoms with E-state index in [1.54, 1.807) is 0 Å². The average molecular weight is 269 g/mol. The predicted octanol–water partition coefficient (Wildman–Crippen LogP) is 3.17. The lowest BCUT2D eigenvalue weighted by atomic mass is 9.84. The molecule has 0 saturated carbocycles. The van der Waals surface area contributed by atoms with Gasteiger partial charge in [-0.3, -0.25) is 0 Å². The normalized spacial score (nSPS) is 19.1. The number of allylic oxidation sites excluding steroid dienone is 1. The van der Waals surface area contributed by atoms with Crippen molar-refractivity contribution < 1.29 is 4.79 Å². The molecule has 2 amide bonds. The van der Waals surface area contributed by atoms with E-state index in [1.165, 1.54) is 0 Å². The molecule has 4 nitrogen and oxygen atoms in total. The Bertz CT molecular complexity index is 600. The number of aryl methyl sites for hydroxylation is 1. The summed E-state index contributed by atoms with van der Waals surface area (Å²) in [4.78, 5) is 11.9. The fraction of sp³-hybridized carbons (Fsp3) is 0.375. The molecule has 0 aromatic heterocycles. The summed E-state index contributed by atoms with van der Waals surface area (Å²) in [5, 5.41) is 15.1. The van der Waals surface area contributed by atoms with Gasteiger partial charge in [-0.05, 0) is 12.5 Å². The number of carbonyl (C=O) groups excluding carboxylic acids is 1. The lowest BCUT2D eigenvalue weighted by Crippen LogP contribution is -2.46. The van der Waals surface area contributed by atoms with E-state index in [0.29, 0.717) is 11.3 Å². The molecule has 1 atom stereocenters. The summed E-state index contributed by atoms with van der Waals surface area (Å²) in [6.45, 7) is 7.96. The molecule has 4 heteroatoms. The summed E-state index contributed by atoms with van der Waals surface area (Å²) in [5.41, 5.74) is 3.04. The van der Waals surface area contributed by atoms with Crippen LogP contribution >= 0.6 is 0 Å². The molecule has 0 bridgehead atoms. The molecule has 2 N–H and O–H groups in total. The maximum Gasteiger partial charge on any atom is 0.319 e. The Kier molecular flexibility index (Phi) is 3.54. The minimum absolute atomic E-state index is 0.264. The minimum atomic E-state index is -0.386. The van der Waals surface area contributed by atoms with Crippen LogP contribution in [0.25, 0.3) is 0 Å². The second-order valence-corrected chi connectivity index (χ2v) is 6.09. The van der Waals surface area contributed by atoms with Crippen molar-refractivity contribution in [2.75, 3.05) is 0 Å². The standard InChI is InChI=1S/C16H19N3O/c1-10-5-7-11(8-6-10)13-12(9-17)14(16(2,3)4)19-15(20)18-13/h5-8,13H,1-4H3,(H2,18,19,20)/t13-/m0/s1. The van der Waals surface area contributed by atoms with Gasteiger partial charge in [-0.25, -0.2) is 4.79 Å². The van der Waals surface area contributed by atoms with Gasteiger partial charge in [0.05, 0.1) is 17.7 Å². The molecule has 1 aliphatic heterocycles. The molecule has 1 aromatic carbocycles. The van der Waals surface area contributed by atoms with E-state index in [-0.39, 0.29) is 17.5 Å². The van der Waals surface area contributed by atoms with Gasteiger partial charge in [0.15, 0.2) is 0 Å². The van der Waals surface area contributed by atoms with Crippen molar-refractivity contribution in [3.05, 3.63) is 46.7 Å². The first-order valence-corrected chi connectivity index (χ1v) is 6.62. The number of urea groups is 1. The van der Waals surface area contributed by atoms with E-state index in [2.05, 4.69) is 16.7 Å². The monoisotopic (exact) mass is 269 g/mol. The highest BCUT2D eigenvalue weighted by atomic mass is 16.2. The van der Waals surface area contributed by atoms with E-state index < -0.39 is 0 Å². The first-order valence-electron chi connectivity index (χ1n) is 6.62. The topological polar surface area (TPSA) is 64.9 Å². The van der Waals surface area contributed by atoms with Crippen molar-refractivity contribution >= 4 is 6.03 Å². The summed E-state index contributed by atoms with van der Waals surface area (Å²) < 4.78 is 0. The quantitative estimate of drug-likeness (QED) is 0.822. The summed E-state index contributed by atoms with van der Waals surface area (Å²) in [7, 11) is 0. The van der Waals surface area contributed by atoms with Crippen molar-refractivity contribution in [3.8, 4) is 6.07 Å². The van der Waals surface area contributed by atoms with Crippen LogP contribution in [0.2, 0.25) is 0 Å². The van der Waals surface area contributed by atoms with Crippen molar-refractivity contribution in [2.45, 2.75) is 33.7 Å². The van der Waals surface area contributed by atoms with Gasteiger partial charge in [0.2, 0.25) is 0 Å². The van der Waals surface area contributed by atoms with Gasteiger partial charge in [0.1, 0.15) is 0 Å². The van der Waals surface area contributed by atoms with Crippen LogP contribution in [0.3, 0.4) is 0 Å². The van der Waals surface area contributed by atoms with Crippen LogP contribution in [0.1, 0.15) is 37.9 Å². The molecule has 104 valence electrons. The SMILES string of the molecule is Cc1ccc([C@@H]2NC(=O)NC(C(C)(C)C)=C2C#N)cc1. The summed E-state index contributed by atoms with van der Waals surface area (Å²) >= 11 is 0. The fourth-order valence-electron chi connectivity index (χ4n) is 2.29. The van der Waals surface area contributed by atoms with Gasteiger partial charge in [-0.1, -0.05) is 50.6 Å². The number of hydrogen-bond acceptors (Lipinski definition) is 2. The number of amides is 2. The molecule has 0 aliphatic carbocycles. The average Bonchev–Trinajstić information content (AvgIpc) is 2.37. The van der Waals surface area contributed by atoms with E-state index in [0.717, 1.165) is 11.1 Å². The maximum atomic E-state index is 11.9. The number of nitrogens with zero attached hydrogens (tertiary/aromatic N) is 1. The molecule has 0 fully saturated rings. The zero-order valence-electron chi connectivity index (χ0n) is 12.2. The van der Waals surface area contributed by atoms with Crippen LogP contribution in [0, 0.1) is 23.7 Å². The van der Waals surface area contributed by atoms with Gasteiger partial charge in [-0.15, -0.1) is 0 Å². The third-order valence-electron chi connectivity index (χ3n) is 3.35. The molecule has 20 heavy (non-hydrogen) atoms. The number of nitriles is 1. The molecular weight excluding hydrogens is 250 g/mol. The van der Waals surface area contributed by atoms with Crippen LogP contribution < -0.4 is 10.6 Å². The molecule has 0 radical (unpaired) electrons. The lowest BCUT2D eigenvalue weighted by molar-refractivity contribution is 0.235. The summed E-state index contributed by atoms with van der Waals surface area (Å²) in [5.74, 6) is 0. The smallest absolute Gasteiger partial charge is 0.319 e. The zero-order chi connectivity index (χ0) is 14.9. The summed E-state index contributed by atoms with van der Waals surface area (Å²) in [6, 6.07) is 9.45. The Balaban J connectivity index is 2.54. The van der Waals surface area contributed by atoms with Gasteiger partial charge < -0.3 is 10.6 Å². The Morgan fingerprint density at radius 1 is 1.20 bits per heavy atom. The van der Waals surface area contributed by atoms with Crippen LogP contribution in [0.4, 0.5) is 4.79 Å². The molecule has 0 unspecified atom stereocenters. The van der Waals surface area contributed by atoms with Gasteiger partial charge in [0.25, 0.3) is 0 Å². The Labute approximate surface area is 119 Å². The van der Waals surface area contributed by atoms with Crippen molar-refractivity contribution in [3.63, 3.8) is 0 Å². The maximum absolute atomic E-state index is 11.9. The van der Waals surface area contributed by atoms with Crippen LogP contribution in [-0.2, 0) is 0 Å². The molecule has 1 heterocycles. The van der Waals surface area contributed by atoms with Gasteiger partial charge in [0, 0.05) is 11.1 Å². The predicted molar refractivity (Wildman–Crippen MR) is 77.7 cm³/mol. The van der Waals surface area contributed by atoms with Gasteiger partial charge in [-0.2, -0.15) is 5.26 Å². The van der Waals surface area contributed by atoms with Crippen LogP contribution in [0.5, 0.6) is 0 Å². The molecule has 2 rings (SSSR count). The summed E-state index contributed by atoms with van der Waals surface area (Å²) in [6.07, 6.45) is 0. The number of nitrogens with one attached hydrogen (secondary N) is 2. The first kappa shape index (κ1) is 14.1. The molecule has 1 aliphatic rings. The number of rotatable bonds is 1. The highest BCUT2D eigenvalue weighted by molar-refractivity contribution is 5.80. The molecule has 0 saturated heterocycles. The third-order valence-corrected chi connectivity index (χ3v) is 3.35. The second-order valence-electron chi connectivity index (χ2n) is 6.09. The largest absolute Gasteiger partial charge is 0.326 e. The minimum Gasteiger partial charge on any atom is -0.326 e. The van der Waals surface area contributed by atoms with Gasteiger partial charge >= 0.3 is 6.03 Å². The van der Waals surface area contributed by atoms with E-state index >= 15 is 0 Å². The number of carbonyl (C=O) groups is 1.